The molecule has 96 valence electrons. The number of hydrogen-bond donors (Lipinski definition) is 0. The summed E-state index contributed by atoms with van der Waals surface area (Å²) < 4.78 is 0. The Balaban J connectivity index is 3.74. The van der Waals surface area contributed by atoms with Crippen molar-refractivity contribution in [2.75, 3.05) is 0 Å². The average Bonchev–Trinajstić information content (AvgIpc) is 2.21. The molecule has 0 aliphatic rings. The lowest BCUT2D eigenvalue weighted by atomic mass is 9.86. The molecule has 0 saturated carbocycles. The van der Waals surface area contributed by atoms with E-state index >= 15 is 0 Å². The first-order chi connectivity index (χ1) is 7.41. The van der Waals surface area contributed by atoms with Crippen LogP contribution in [-0.4, -0.2) is 5.78 Å². The van der Waals surface area contributed by atoms with Gasteiger partial charge in [-0.05, 0) is 12.3 Å². The van der Waals surface area contributed by atoms with Gasteiger partial charge in [0.25, 0.3) is 0 Å². The van der Waals surface area contributed by atoms with Gasteiger partial charge in [0.2, 0.25) is 0 Å². The van der Waals surface area contributed by atoms with Gasteiger partial charge in [0.1, 0.15) is 5.78 Å². The first-order valence-corrected chi connectivity index (χ1v) is 6.95. The molecule has 0 aromatic heterocycles. The van der Waals surface area contributed by atoms with Crippen molar-refractivity contribution in [1.29, 1.82) is 0 Å². The molecule has 0 aliphatic carbocycles. The summed E-state index contributed by atoms with van der Waals surface area (Å²) in [5.41, 5.74) is -0.148. The topological polar surface area (TPSA) is 17.1 Å². The maximum Gasteiger partial charge on any atom is 0.138 e. The Morgan fingerprint density at radius 3 is 2.06 bits per heavy atom. The minimum atomic E-state index is -0.148. The number of carbonyl (C=O) groups excluding carboxylic acids is 1. The lowest BCUT2D eigenvalue weighted by Gasteiger charge is -2.18. The molecule has 1 heteroatoms. The maximum atomic E-state index is 11.7. The van der Waals surface area contributed by atoms with E-state index in [1.807, 2.05) is 20.8 Å². The van der Waals surface area contributed by atoms with Gasteiger partial charge in [-0.15, -0.1) is 0 Å². The quantitative estimate of drug-likeness (QED) is 0.570. The van der Waals surface area contributed by atoms with E-state index in [4.69, 9.17) is 0 Å². The molecule has 0 aromatic carbocycles. The van der Waals surface area contributed by atoms with E-state index in [9.17, 15) is 4.79 Å². The second kappa shape index (κ2) is 7.86. The Morgan fingerprint density at radius 2 is 1.62 bits per heavy atom. The minimum Gasteiger partial charge on any atom is -0.299 e. The van der Waals surface area contributed by atoms with Crippen LogP contribution in [0.15, 0.2) is 0 Å². The molecule has 0 aliphatic heterocycles. The minimum absolute atomic E-state index is 0.148. The number of ketones is 1. The van der Waals surface area contributed by atoms with Gasteiger partial charge < -0.3 is 0 Å². The molecular weight excluding hydrogens is 196 g/mol. The van der Waals surface area contributed by atoms with Gasteiger partial charge in [-0.2, -0.15) is 0 Å². The largest absolute Gasteiger partial charge is 0.299 e. The predicted octanol–water partition coefficient (Wildman–Crippen LogP) is 4.99. The maximum absolute atomic E-state index is 11.7. The smallest absolute Gasteiger partial charge is 0.138 e. The first kappa shape index (κ1) is 15.7. The summed E-state index contributed by atoms with van der Waals surface area (Å²) in [6.07, 6.45) is 8.33. The van der Waals surface area contributed by atoms with E-state index in [0.717, 1.165) is 18.8 Å². The zero-order chi connectivity index (χ0) is 12.6. The summed E-state index contributed by atoms with van der Waals surface area (Å²) >= 11 is 0. The Bertz CT molecular complexity index is 188. The van der Waals surface area contributed by atoms with Crippen molar-refractivity contribution in [2.24, 2.45) is 11.3 Å². The van der Waals surface area contributed by atoms with Gasteiger partial charge in [0, 0.05) is 11.8 Å². The van der Waals surface area contributed by atoms with Crippen molar-refractivity contribution in [3.63, 3.8) is 0 Å². The number of Topliss-reactive ketones (excluding diaryl/α,β-unsaturated/α-hetero) is 1. The van der Waals surface area contributed by atoms with E-state index in [2.05, 4.69) is 13.8 Å². The van der Waals surface area contributed by atoms with Gasteiger partial charge in [-0.25, -0.2) is 0 Å². The molecule has 16 heavy (non-hydrogen) atoms. The fourth-order valence-corrected chi connectivity index (χ4v) is 1.97. The molecule has 0 bridgehead atoms. The van der Waals surface area contributed by atoms with Crippen LogP contribution >= 0.6 is 0 Å². The van der Waals surface area contributed by atoms with E-state index in [1.165, 1.54) is 32.1 Å². The molecule has 1 unspecified atom stereocenters. The zero-order valence-corrected chi connectivity index (χ0v) is 11.9. The number of hydrogen-bond acceptors (Lipinski definition) is 1. The van der Waals surface area contributed by atoms with Crippen molar-refractivity contribution in [3.05, 3.63) is 0 Å². The second-order valence-corrected chi connectivity index (χ2v) is 5.98. The third-order valence-corrected chi connectivity index (χ3v) is 3.40. The summed E-state index contributed by atoms with van der Waals surface area (Å²) in [6, 6.07) is 0. The molecule has 1 nitrogen and oxygen atoms in total. The summed E-state index contributed by atoms with van der Waals surface area (Å²) in [5, 5.41) is 0. The van der Waals surface area contributed by atoms with Crippen molar-refractivity contribution in [3.8, 4) is 0 Å². The highest BCUT2D eigenvalue weighted by atomic mass is 16.1. The van der Waals surface area contributed by atoms with Crippen molar-refractivity contribution in [2.45, 2.75) is 79.6 Å². The van der Waals surface area contributed by atoms with E-state index in [1.54, 1.807) is 0 Å². The van der Waals surface area contributed by atoms with Gasteiger partial charge >= 0.3 is 0 Å². The Labute approximate surface area is 102 Å². The second-order valence-electron chi connectivity index (χ2n) is 5.98. The highest BCUT2D eigenvalue weighted by Gasteiger charge is 2.20. The van der Waals surface area contributed by atoms with Crippen LogP contribution in [0.4, 0.5) is 0 Å². The highest BCUT2D eigenvalue weighted by molar-refractivity contribution is 5.83. The fraction of sp³-hybridized carbons (Fsp3) is 0.933. The lowest BCUT2D eigenvalue weighted by Crippen LogP contribution is -2.19. The Morgan fingerprint density at radius 1 is 1.06 bits per heavy atom. The van der Waals surface area contributed by atoms with E-state index in [-0.39, 0.29) is 5.41 Å². The van der Waals surface area contributed by atoms with E-state index in [0.29, 0.717) is 5.78 Å². The molecule has 0 saturated heterocycles. The summed E-state index contributed by atoms with van der Waals surface area (Å²) in [5.74, 6) is 1.26. The summed E-state index contributed by atoms with van der Waals surface area (Å²) in [7, 11) is 0. The fourth-order valence-electron chi connectivity index (χ4n) is 1.97. The van der Waals surface area contributed by atoms with Crippen molar-refractivity contribution >= 4 is 5.78 Å². The van der Waals surface area contributed by atoms with Gasteiger partial charge in [0.05, 0.1) is 0 Å². The molecule has 0 radical (unpaired) electrons. The van der Waals surface area contributed by atoms with Crippen LogP contribution in [0.2, 0.25) is 0 Å². The van der Waals surface area contributed by atoms with Gasteiger partial charge in [-0.3, -0.25) is 4.79 Å². The van der Waals surface area contributed by atoms with Crippen LogP contribution in [0, 0.1) is 11.3 Å². The molecule has 0 fully saturated rings. The Kier molecular flexibility index (Phi) is 7.70. The molecule has 1 atom stereocenters. The number of rotatable bonds is 8. The summed E-state index contributed by atoms with van der Waals surface area (Å²) in [4.78, 5) is 11.7. The molecule has 0 aromatic rings. The Hall–Kier alpha value is -0.330. The van der Waals surface area contributed by atoms with Crippen molar-refractivity contribution < 1.29 is 4.79 Å². The molecular formula is C15H30O. The van der Waals surface area contributed by atoms with Crippen LogP contribution in [-0.2, 0) is 4.79 Å². The van der Waals surface area contributed by atoms with Gasteiger partial charge in [-0.1, -0.05) is 66.7 Å². The van der Waals surface area contributed by atoms with E-state index < -0.39 is 0 Å². The standard InChI is InChI=1S/C15H30O/c1-6-8-10-13(7-2)11-9-12-14(16)15(3,4)5/h13H,6-12H2,1-5H3. The molecule has 0 spiro atoms. The van der Waals surface area contributed by atoms with Crippen LogP contribution in [0.25, 0.3) is 0 Å². The third kappa shape index (κ3) is 7.03. The van der Waals surface area contributed by atoms with Crippen LogP contribution in [0.5, 0.6) is 0 Å². The average molecular weight is 226 g/mol. The monoisotopic (exact) mass is 226 g/mol. The van der Waals surface area contributed by atoms with Crippen LogP contribution in [0.3, 0.4) is 0 Å². The zero-order valence-electron chi connectivity index (χ0n) is 11.9. The highest BCUT2D eigenvalue weighted by Crippen LogP contribution is 2.22. The lowest BCUT2D eigenvalue weighted by molar-refractivity contribution is -0.126. The molecule has 0 amide bonds. The normalized spacial score (nSPS) is 13.8. The van der Waals surface area contributed by atoms with Crippen molar-refractivity contribution in [1.82, 2.24) is 0 Å². The third-order valence-electron chi connectivity index (χ3n) is 3.40. The summed E-state index contributed by atoms with van der Waals surface area (Å²) in [6.45, 7) is 10.6. The van der Waals surface area contributed by atoms with Crippen LogP contribution in [0.1, 0.15) is 79.6 Å². The number of unbranched alkanes of at least 4 members (excludes halogenated alkanes) is 1. The molecule has 0 N–H and O–H groups in total. The number of carbonyl (C=O) groups is 1. The van der Waals surface area contributed by atoms with Crippen LogP contribution < -0.4 is 0 Å². The molecule has 0 heterocycles. The SMILES string of the molecule is CCCCC(CC)CCCC(=O)C(C)(C)C. The van der Waals surface area contributed by atoms with Gasteiger partial charge in [0.15, 0.2) is 0 Å². The first-order valence-electron chi connectivity index (χ1n) is 6.95. The predicted molar refractivity (Wildman–Crippen MR) is 71.6 cm³/mol. The molecule has 0 rings (SSSR count).